The molecule has 8 heteroatoms. The molecular weight excluding hydrogens is 282 g/mol. The summed E-state index contributed by atoms with van der Waals surface area (Å²) in [6.45, 7) is 5.15. The lowest BCUT2D eigenvalue weighted by molar-refractivity contribution is 0.0361. The number of fused-ring (bicyclic) bond motifs is 1. The minimum Gasteiger partial charge on any atom is -0.373 e. The molecule has 108 valence electrons. The maximum atomic E-state index is 11.6. The normalized spacial score (nSPS) is 23.4. The third-order valence-electron chi connectivity index (χ3n) is 3.53. The lowest BCUT2D eigenvalue weighted by atomic mass is 10.2. The van der Waals surface area contributed by atoms with Gasteiger partial charge in [0, 0.05) is 12.6 Å². The van der Waals surface area contributed by atoms with Crippen LogP contribution in [0.25, 0.3) is 5.65 Å². The molecule has 7 nitrogen and oxygen atoms in total. The highest BCUT2D eigenvalue weighted by Crippen LogP contribution is 2.21. The molecule has 2 unspecified atom stereocenters. The van der Waals surface area contributed by atoms with Crippen molar-refractivity contribution in [1.82, 2.24) is 19.6 Å². The Kier molecular flexibility index (Phi) is 3.39. The van der Waals surface area contributed by atoms with Gasteiger partial charge in [-0.1, -0.05) is 0 Å². The highest BCUT2D eigenvalue weighted by molar-refractivity contribution is 6.18. The van der Waals surface area contributed by atoms with Gasteiger partial charge in [0.1, 0.15) is 11.6 Å². The van der Waals surface area contributed by atoms with E-state index in [1.807, 2.05) is 0 Å². The first-order valence-electron chi connectivity index (χ1n) is 6.49. The average Bonchev–Trinajstić information content (AvgIpc) is 2.81. The molecule has 1 saturated heterocycles. The zero-order chi connectivity index (χ0) is 14.3. The number of alkyl halides is 1. The van der Waals surface area contributed by atoms with Crippen molar-refractivity contribution in [2.24, 2.45) is 0 Å². The molecule has 2 aromatic heterocycles. The van der Waals surface area contributed by atoms with Crippen molar-refractivity contribution in [3.05, 3.63) is 22.4 Å². The number of nitrogens with zero attached hydrogens (tertiary/aromatic N) is 4. The summed E-state index contributed by atoms with van der Waals surface area (Å²) in [5.74, 6) is 1.85. The number of ether oxygens (including phenoxy) is 1. The second-order valence-electron chi connectivity index (χ2n) is 4.99. The van der Waals surface area contributed by atoms with Gasteiger partial charge < -0.3 is 9.64 Å². The van der Waals surface area contributed by atoms with E-state index in [4.69, 9.17) is 16.3 Å². The summed E-state index contributed by atoms with van der Waals surface area (Å²) in [6, 6.07) is 2.01. The van der Waals surface area contributed by atoms with Crippen LogP contribution >= 0.6 is 11.6 Å². The predicted octanol–water partition coefficient (Wildman–Crippen LogP) is 0.559. The molecule has 1 N–H and O–H groups in total. The number of aromatic amines is 1. The van der Waals surface area contributed by atoms with Crippen LogP contribution in [0.15, 0.2) is 10.9 Å². The van der Waals surface area contributed by atoms with Gasteiger partial charge in [0.05, 0.1) is 24.6 Å². The monoisotopic (exact) mass is 297 g/mol. The third kappa shape index (κ3) is 2.16. The molecule has 0 bridgehead atoms. The number of hydrogen-bond acceptors (Lipinski definition) is 5. The van der Waals surface area contributed by atoms with E-state index in [-0.39, 0.29) is 17.8 Å². The van der Waals surface area contributed by atoms with Crippen LogP contribution in [0.5, 0.6) is 0 Å². The minimum atomic E-state index is -0.273. The van der Waals surface area contributed by atoms with E-state index in [2.05, 4.69) is 27.0 Å². The molecule has 0 amide bonds. The van der Waals surface area contributed by atoms with Crippen LogP contribution < -0.4 is 10.6 Å². The Labute approximate surface area is 120 Å². The van der Waals surface area contributed by atoms with Crippen LogP contribution in [0, 0.1) is 6.92 Å². The molecule has 0 aliphatic carbocycles. The van der Waals surface area contributed by atoms with E-state index in [0.717, 1.165) is 5.82 Å². The van der Waals surface area contributed by atoms with Crippen molar-refractivity contribution >= 4 is 23.1 Å². The van der Waals surface area contributed by atoms with E-state index < -0.39 is 0 Å². The molecule has 3 rings (SSSR count). The molecule has 1 fully saturated rings. The molecule has 1 aliphatic heterocycles. The van der Waals surface area contributed by atoms with Gasteiger partial charge in [-0.05, 0) is 13.8 Å². The number of halogens is 1. The van der Waals surface area contributed by atoms with Gasteiger partial charge in [-0.25, -0.2) is 19.3 Å². The second-order valence-corrected chi connectivity index (χ2v) is 5.30. The van der Waals surface area contributed by atoms with Crippen molar-refractivity contribution in [2.75, 3.05) is 23.9 Å². The Morgan fingerprint density at radius 1 is 1.60 bits per heavy atom. The largest absolute Gasteiger partial charge is 0.373 e. The number of aromatic nitrogens is 4. The maximum Gasteiger partial charge on any atom is 0.349 e. The van der Waals surface area contributed by atoms with Crippen LogP contribution in [0.3, 0.4) is 0 Å². The number of morpholine rings is 1. The number of H-pyrrole nitrogens is 1. The van der Waals surface area contributed by atoms with Crippen molar-refractivity contribution < 1.29 is 4.74 Å². The van der Waals surface area contributed by atoms with Crippen molar-refractivity contribution in [3.8, 4) is 0 Å². The van der Waals surface area contributed by atoms with Gasteiger partial charge in [-0.2, -0.15) is 5.10 Å². The summed E-state index contributed by atoms with van der Waals surface area (Å²) in [5, 5.41) is 6.43. The highest BCUT2D eigenvalue weighted by Gasteiger charge is 2.27. The van der Waals surface area contributed by atoms with Gasteiger partial charge in [0.15, 0.2) is 5.65 Å². The summed E-state index contributed by atoms with van der Waals surface area (Å²) in [6.07, 6.45) is -0.00687. The van der Waals surface area contributed by atoms with E-state index >= 15 is 0 Å². The molecular formula is C12H16ClN5O2. The van der Waals surface area contributed by atoms with E-state index in [9.17, 15) is 4.79 Å². The van der Waals surface area contributed by atoms with Crippen LogP contribution in [-0.2, 0) is 4.74 Å². The van der Waals surface area contributed by atoms with Gasteiger partial charge in [0.2, 0.25) is 0 Å². The quantitative estimate of drug-likeness (QED) is 0.820. The molecule has 0 spiro atoms. The molecule has 20 heavy (non-hydrogen) atoms. The Balaban J connectivity index is 2.02. The second kappa shape index (κ2) is 5.06. The standard InChI is InChI=1S/C12H16ClN5O2/c1-7-6-20-9(4-13)5-17(7)10-3-11-15-16-12(19)18(11)8(2)14-10/h3,7,9H,4-6H2,1-2H3,(H,16,19). The molecule has 1 aliphatic rings. The maximum absolute atomic E-state index is 11.6. The Hall–Kier alpha value is -1.60. The molecule has 0 saturated carbocycles. The fourth-order valence-electron chi connectivity index (χ4n) is 2.46. The van der Waals surface area contributed by atoms with Crippen molar-refractivity contribution in [2.45, 2.75) is 26.0 Å². The average molecular weight is 298 g/mol. The fraction of sp³-hybridized carbons (Fsp3) is 0.583. The van der Waals surface area contributed by atoms with Crippen LogP contribution in [-0.4, -0.2) is 50.8 Å². The first-order chi connectivity index (χ1) is 9.60. The topological polar surface area (TPSA) is 75.5 Å². The number of hydrogen-bond donors (Lipinski definition) is 1. The molecule has 2 aromatic rings. The zero-order valence-corrected chi connectivity index (χ0v) is 12.1. The summed E-state index contributed by atoms with van der Waals surface area (Å²) >= 11 is 5.88. The molecule has 0 radical (unpaired) electrons. The first kappa shape index (κ1) is 13.4. The summed E-state index contributed by atoms with van der Waals surface area (Å²) in [4.78, 5) is 18.3. The summed E-state index contributed by atoms with van der Waals surface area (Å²) in [7, 11) is 0. The SMILES string of the molecule is Cc1nc(N2CC(CCl)OCC2C)cc2n[nH]c(=O)n12. The van der Waals surface area contributed by atoms with Crippen molar-refractivity contribution in [3.63, 3.8) is 0 Å². The van der Waals surface area contributed by atoms with Crippen LogP contribution in [0.4, 0.5) is 5.82 Å². The van der Waals surface area contributed by atoms with Gasteiger partial charge in [0.25, 0.3) is 0 Å². The molecule has 3 heterocycles. The minimum absolute atomic E-state index is 0.00687. The van der Waals surface area contributed by atoms with Crippen LogP contribution in [0.2, 0.25) is 0 Å². The third-order valence-corrected chi connectivity index (χ3v) is 3.87. The number of nitrogens with one attached hydrogen (secondary N) is 1. The predicted molar refractivity (Wildman–Crippen MR) is 75.6 cm³/mol. The first-order valence-corrected chi connectivity index (χ1v) is 7.02. The highest BCUT2D eigenvalue weighted by atomic mass is 35.5. The number of anilines is 1. The van der Waals surface area contributed by atoms with Gasteiger partial charge >= 0.3 is 5.69 Å². The Morgan fingerprint density at radius 3 is 3.15 bits per heavy atom. The number of aryl methyl sites for hydroxylation is 1. The lowest BCUT2D eigenvalue weighted by Gasteiger charge is -2.38. The Morgan fingerprint density at radius 2 is 2.40 bits per heavy atom. The van der Waals surface area contributed by atoms with Crippen molar-refractivity contribution in [1.29, 1.82) is 0 Å². The van der Waals surface area contributed by atoms with Gasteiger partial charge in [-0.3, -0.25) is 0 Å². The summed E-state index contributed by atoms with van der Waals surface area (Å²) < 4.78 is 7.09. The van der Waals surface area contributed by atoms with Gasteiger partial charge in [-0.15, -0.1) is 11.6 Å². The fourth-order valence-corrected chi connectivity index (χ4v) is 2.65. The smallest absolute Gasteiger partial charge is 0.349 e. The molecule has 0 aromatic carbocycles. The number of rotatable bonds is 2. The summed E-state index contributed by atoms with van der Waals surface area (Å²) in [5.41, 5.74) is 0.295. The van der Waals surface area contributed by atoms with E-state index in [1.54, 1.807) is 13.0 Å². The zero-order valence-electron chi connectivity index (χ0n) is 11.3. The molecule has 2 atom stereocenters. The lowest BCUT2D eigenvalue weighted by Crippen LogP contribution is -2.49. The Bertz CT molecular complexity index is 682. The van der Waals surface area contributed by atoms with E-state index in [1.165, 1.54) is 4.40 Å². The van der Waals surface area contributed by atoms with Crippen LogP contribution in [0.1, 0.15) is 12.7 Å². The van der Waals surface area contributed by atoms with E-state index in [0.29, 0.717) is 30.5 Å².